The van der Waals surface area contributed by atoms with E-state index in [-0.39, 0.29) is 6.09 Å². The fourth-order valence-electron chi connectivity index (χ4n) is 3.73. The Morgan fingerprint density at radius 2 is 1.57 bits per heavy atom. The topological polar surface area (TPSA) is 45.2 Å². The number of rotatable bonds is 5. The van der Waals surface area contributed by atoms with Gasteiger partial charge in [-0.15, -0.1) is 0 Å². The molecule has 1 fully saturated rings. The van der Waals surface area contributed by atoms with Crippen LogP contribution in [0.3, 0.4) is 0 Å². The van der Waals surface area contributed by atoms with Crippen LogP contribution in [0.2, 0.25) is 0 Å². The first-order valence-corrected chi connectivity index (χ1v) is 9.93. The second-order valence-corrected chi connectivity index (χ2v) is 7.12. The average molecular weight is 381 g/mol. The average Bonchev–Trinajstić information content (AvgIpc) is 2.77. The molecule has 1 amide bonds. The molecule has 2 aliphatic heterocycles. The van der Waals surface area contributed by atoms with Crippen LogP contribution in [0, 0.1) is 0 Å². The molecule has 0 N–H and O–H groups in total. The lowest BCUT2D eigenvalue weighted by Gasteiger charge is -2.38. The highest BCUT2D eigenvalue weighted by molar-refractivity contribution is 5.93. The molecular formula is C22H27N3O3. The zero-order valence-electron chi connectivity index (χ0n) is 16.1. The van der Waals surface area contributed by atoms with E-state index in [1.807, 2.05) is 48.5 Å². The number of para-hydroxylation sites is 2. The molecule has 28 heavy (non-hydrogen) atoms. The van der Waals surface area contributed by atoms with Gasteiger partial charge in [0, 0.05) is 39.3 Å². The number of nitrogens with zero attached hydrogens (tertiary/aromatic N) is 3. The lowest BCUT2D eigenvalue weighted by atomic mass is 10.1. The van der Waals surface area contributed by atoms with Gasteiger partial charge < -0.3 is 14.4 Å². The first-order valence-electron chi connectivity index (χ1n) is 9.93. The predicted octanol–water partition coefficient (Wildman–Crippen LogP) is 2.98. The minimum absolute atomic E-state index is 0.288. The molecule has 0 aromatic heterocycles. The molecule has 2 aromatic rings. The molecular weight excluding hydrogens is 354 g/mol. The predicted molar refractivity (Wildman–Crippen MR) is 110 cm³/mol. The van der Waals surface area contributed by atoms with E-state index >= 15 is 0 Å². The molecule has 6 nitrogen and oxygen atoms in total. The van der Waals surface area contributed by atoms with Crippen LogP contribution >= 0.6 is 0 Å². The normalized spacial score (nSPS) is 17.3. The highest BCUT2D eigenvalue weighted by Crippen LogP contribution is 2.33. The number of benzene rings is 2. The van der Waals surface area contributed by atoms with Crippen LogP contribution in [0.1, 0.15) is 5.56 Å². The quantitative estimate of drug-likeness (QED) is 0.797. The van der Waals surface area contributed by atoms with Crippen molar-refractivity contribution in [2.75, 3.05) is 62.3 Å². The van der Waals surface area contributed by atoms with Crippen LogP contribution in [0.25, 0.3) is 0 Å². The molecule has 2 aliphatic rings. The van der Waals surface area contributed by atoms with Crippen molar-refractivity contribution in [2.45, 2.75) is 6.61 Å². The number of hydrogen-bond donors (Lipinski definition) is 0. The van der Waals surface area contributed by atoms with E-state index in [0.29, 0.717) is 13.2 Å². The molecule has 0 radical (unpaired) electrons. The molecule has 0 unspecified atom stereocenters. The first-order chi connectivity index (χ1) is 13.8. The van der Waals surface area contributed by atoms with Gasteiger partial charge >= 0.3 is 6.09 Å². The minimum Gasteiger partial charge on any atom is -0.444 e. The Hall–Kier alpha value is -2.57. The standard InChI is InChI=1S/C22H27N3O3/c26-22(28-18-19-6-2-1-3-7-19)25-13-12-24(20-8-4-5-9-21(20)25)11-10-23-14-16-27-17-15-23/h1-9H,10-18H2. The summed E-state index contributed by atoms with van der Waals surface area (Å²) < 4.78 is 11.0. The summed E-state index contributed by atoms with van der Waals surface area (Å²) in [5.74, 6) is 0. The van der Waals surface area contributed by atoms with Crippen molar-refractivity contribution in [1.29, 1.82) is 0 Å². The van der Waals surface area contributed by atoms with Crippen molar-refractivity contribution in [3.05, 3.63) is 60.2 Å². The fraction of sp³-hybridized carbons (Fsp3) is 0.409. The molecule has 0 bridgehead atoms. The van der Waals surface area contributed by atoms with Gasteiger partial charge in [-0.3, -0.25) is 9.80 Å². The Balaban J connectivity index is 1.39. The molecule has 0 spiro atoms. The van der Waals surface area contributed by atoms with E-state index in [2.05, 4.69) is 15.9 Å². The number of carbonyl (C=O) groups excluding carboxylic acids is 1. The SMILES string of the molecule is O=C(OCc1ccccc1)N1CCN(CCN2CCOCC2)c2ccccc21. The molecule has 1 saturated heterocycles. The second-order valence-electron chi connectivity index (χ2n) is 7.12. The Kier molecular flexibility index (Phi) is 6.09. The summed E-state index contributed by atoms with van der Waals surface area (Å²) >= 11 is 0. The van der Waals surface area contributed by atoms with Gasteiger partial charge in [-0.1, -0.05) is 42.5 Å². The monoisotopic (exact) mass is 381 g/mol. The van der Waals surface area contributed by atoms with Crippen molar-refractivity contribution in [1.82, 2.24) is 4.90 Å². The van der Waals surface area contributed by atoms with E-state index in [0.717, 1.165) is 62.9 Å². The maximum atomic E-state index is 12.7. The summed E-state index contributed by atoms with van der Waals surface area (Å²) in [6.45, 7) is 7.31. The summed E-state index contributed by atoms with van der Waals surface area (Å²) in [4.78, 5) is 19.3. The van der Waals surface area contributed by atoms with Crippen molar-refractivity contribution in [3.8, 4) is 0 Å². The van der Waals surface area contributed by atoms with E-state index in [1.165, 1.54) is 0 Å². The lowest BCUT2D eigenvalue weighted by Crippen LogP contribution is -2.47. The van der Waals surface area contributed by atoms with E-state index in [1.54, 1.807) is 4.90 Å². The van der Waals surface area contributed by atoms with Gasteiger partial charge in [-0.25, -0.2) is 4.79 Å². The van der Waals surface area contributed by atoms with Gasteiger partial charge in [0.1, 0.15) is 6.61 Å². The smallest absolute Gasteiger partial charge is 0.414 e. The molecule has 2 heterocycles. The van der Waals surface area contributed by atoms with E-state index in [9.17, 15) is 4.79 Å². The highest BCUT2D eigenvalue weighted by Gasteiger charge is 2.27. The van der Waals surface area contributed by atoms with Crippen molar-refractivity contribution in [3.63, 3.8) is 0 Å². The van der Waals surface area contributed by atoms with Crippen LogP contribution in [-0.2, 0) is 16.1 Å². The third-order valence-electron chi connectivity index (χ3n) is 5.32. The molecule has 148 valence electrons. The molecule has 0 aliphatic carbocycles. The zero-order chi connectivity index (χ0) is 19.2. The second kappa shape index (κ2) is 9.08. The number of ether oxygens (including phenoxy) is 2. The first kappa shape index (κ1) is 18.8. The minimum atomic E-state index is -0.288. The zero-order valence-corrected chi connectivity index (χ0v) is 16.1. The number of carbonyl (C=O) groups is 1. The fourth-order valence-corrected chi connectivity index (χ4v) is 3.73. The molecule has 2 aromatic carbocycles. The Morgan fingerprint density at radius 3 is 2.36 bits per heavy atom. The lowest BCUT2D eigenvalue weighted by molar-refractivity contribution is 0.0391. The summed E-state index contributed by atoms with van der Waals surface area (Å²) in [7, 11) is 0. The van der Waals surface area contributed by atoms with E-state index in [4.69, 9.17) is 9.47 Å². The third-order valence-corrected chi connectivity index (χ3v) is 5.32. The molecule has 4 rings (SSSR count). The van der Waals surface area contributed by atoms with E-state index < -0.39 is 0 Å². The van der Waals surface area contributed by atoms with Crippen LogP contribution in [0.5, 0.6) is 0 Å². The Morgan fingerprint density at radius 1 is 0.857 bits per heavy atom. The number of amides is 1. The Bertz CT molecular complexity index is 778. The van der Waals surface area contributed by atoms with Gasteiger partial charge in [0.05, 0.1) is 24.6 Å². The van der Waals surface area contributed by atoms with Crippen molar-refractivity contribution < 1.29 is 14.3 Å². The maximum Gasteiger partial charge on any atom is 0.414 e. The highest BCUT2D eigenvalue weighted by atomic mass is 16.6. The summed E-state index contributed by atoms with van der Waals surface area (Å²) in [5.41, 5.74) is 3.01. The van der Waals surface area contributed by atoms with Gasteiger partial charge in [0.15, 0.2) is 0 Å². The van der Waals surface area contributed by atoms with Crippen molar-refractivity contribution >= 4 is 17.5 Å². The van der Waals surface area contributed by atoms with Crippen molar-refractivity contribution in [2.24, 2.45) is 0 Å². The van der Waals surface area contributed by atoms with Crippen LogP contribution in [0.15, 0.2) is 54.6 Å². The van der Waals surface area contributed by atoms with Gasteiger partial charge in [-0.2, -0.15) is 0 Å². The van der Waals surface area contributed by atoms with Gasteiger partial charge in [-0.05, 0) is 17.7 Å². The largest absolute Gasteiger partial charge is 0.444 e. The van der Waals surface area contributed by atoms with Crippen LogP contribution < -0.4 is 9.80 Å². The number of morpholine rings is 1. The van der Waals surface area contributed by atoms with Gasteiger partial charge in [0.2, 0.25) is 0 Å². The summed E-state index contributed by atoms with van der Waals surface area (Å²) in [6, 6.07) is 17.9. The molecule has 0 saturated carbocycles. The maximum absolute atomic E-state index is 12.7. The summed E-state index contributed by atoms with van der Waals surface area (Å²) in [5, 5.41) is 0. The third kappa shape index (κ3) is 4.46. The Labute approximate surface area is 166 Å². The van der Waals surface area contributed by atoms with Crippen LogP contribution in [0.4, 0.5) is 16.2 Å². The number of hydrogen-bond acceptors (Lipinski definition) is 5. The molecule has 0 atom stereocenters. The number of anilines is 2. The van der Waals surface area contributed by atoms with Gasteiger partial charge in [0.25, 0.3) is 0 Å². The van der Waals surface area contributed by atoms with Crippen LogP contribution in [-0.4, -0.2) is 63.5 Å². The number of fused-ring (bicyclic) bond motifs is 1. The molecule has 6 heteroatoms. The summed E-state index contributed by atoms with van der Waals surface area (Å²) in [6.07, 6.45) is -0.288.